The second-order valence-corrected chi connectivity index (χ2v) is 7.58. The van der Waals surface area contributed by atoms with Crippen LogP contribution >= 0.6 is 11.6 Å². The Bertz CT molecular complexity index is 1080. The monoisotopic (exact) mass is 461 g/mol. The smallest absolute Gasteiger partial charge is 0.314 e. The van der Waals surface area contributed by atoms with Gasteiger partial charge in [0, 0.05) is 24.7 Å². The van der Waals surface area contributed by atoms with Crippen molar-refractivity contribution in [1.29, 1.82) is 0 Å². The Balaban J connectivity index is 1.67. The number of halogens is 3. The number of hydrogen-bond donors (Lipinski definition) is 4. The molecule has 0 saturated heterocycles. The minimum Gasteiger partial charge on any atom is -0.352 e. The molecular formula is C23H24ClF2N4O2+. The Kier molecular flexibility index (Phi) is 7.61. The zero-order valence-electron chi connectivity index (χ0n) is 17.2. The quantitative estimate of drug-likeness (QED) is 0.290. The zero-order chi connectivity index (χ0) is 23.1. The molecule has 3 aromatic rings. The number of amides is 1. The summed E-state index contributed by atoms with van der Waals surface area (Å²) in [5.41, 5.74) is 7.42. The van der Waals surface area contributed by atoms with Gasteiger partial charge in [0.05, 0.1) is 11.4 Å². The van der Waals surface area contributed by atoms with Crippen molar-refractivity contribution < 1.29 is 23.5 Å². The molecule has 0 radical (unpaired) electrons. The van der Waals surface area contributed by atoms with Crippen molar-refractivity contribution in [2.75, 3.05) is 11.9 Å². The number of nitrogens with one attached hydrogen (secondary N) is 2. The predicted molar refractivity (Wildman–Crippen MR) is 118 cm³/mol. The molecule has 0 fully saturated rings. The first kappa shape index (κ1) is 23.4. The highest BCUT2D eigenvalue weighted by molar-refractivity contribution is 6.31. The topological polar surface area (TPSA) is 91.3 Å². The van der Waals surface area contributed by atoms with Crippen molar-refractivity contribution in [2.45, 2.75) is 25.4 Å². The van der Waals surface area contributed by atoms with Crippen molar-refractivity contribution in [2.24, 2.45) is 5.73 Å². The maximum absolute atomic E-state index is 14.4. The Morgan fingerprint density at radius 3 is 2.38 bits per heavy atom. The maximum Gasteiger partial charge on any atom is 0.314 e. The van der Waals surface area contributed by atoms with Crippen LogP contribution in [0.5, 0.6) is 0 Å². The molecule has 0 spiro atoms. The number of benzene rings is 2. The van der Waals surface area contributed by atoms with Gasteiger partial charge in [0.25, 0.3) is 0 Å². The van der Waals surface area contributed by atoms with Crippen molar-refractivity contribution in [3.05, 3.63) is 94.1 Å². The Labute approximate surface area is 189 Å². The summed E-state index contributed by atoms with van der Waals surface area (Å²) in [4.78, 5) is 12.4. The molecule has 1 amide bonds. The molecular weight excluding hydrogens is 438 g/mol. The molecule has 1 heterocycles. The average Bonchev–Trinajstić information content (AvgIpc) is 2.80. The van der Waals surface area contributed by atoms with Crippen LogP contribution in [0.25, 0.3) is 0 Å². The van der Waals surface area contributed by atoms with Gasteiger partial charge in [-0.1, -0.05) is 66.2 Å². The second kappa shape index (κ2) is 10.4. The normalized spacial score (nSPS) is 11.2. The first-order chi connectivity index (χ1) is 15.3. The number of nitrogens with two attached hydrogens (primary N) is 1. The molecule has 9 heteroatoms. The number of carbonyl (C=O) groups is 1. The van der Waals surface area contributed by atoms with E-state index in [2.05, 4.69) is 10.6 Å². The average molecular weight is 462 g/mol. The lowest BCUT2D eigenvalue weighted by Gasteiger charge is -2.15. The molecule has 0 unspecified atom stereocenters. The van der Waals surface area contributed by atoms with Crippen LogP contribution in [0.2, 0.25) is 5.02 Å². The summed E-state index contributed by atoms with van der Waals surface area (Å²) < 4.78 is 29.5. The van der Waals surface area contributed by atoms with Crippen LogP contribution in [0.3, 0.4) is 0 Å². The van der Waals surface area contributed by atoms with E-state index in [0.717, 1.165) is 11.1 Å². The molecule has 0 aliphatic rings. The van der Waals surface area contributed by atoms with E-state index >= 15 is 0 Å². The van der Waals surface area contributed by atoms with Gasteiger partial charge in [-0.05, 0) is 21.9 Å². The number of aromatic nitrogens is 1. The van der Waals surface area contributed by atoms with Crippen LogP contribution in [0.4, 0.5) is 14.6 Å². The van der Waals surface area contributed by atoms with Gasteiger partial charge in [-0.3, -0.25) is 10.1 Å². The zero-order valence-corrected chi connectivity index (χ0v) is 17.9. The molecule has 3 rings (SSSR count). The van der Waals surface area contributed by atoms with Gasteiger partial charge >= 0.3 is 11.7 Å². The fraction of sp³-hybridized carbons (Fsp3) is 0.217. The molecule has 1 aromatic heterocycles. The Morgan fingerprint density at radius 2 is 1.69 bits per heavy atom. The van der Waals surface area contributed by atoms with E-state index in [1.54, 1.807) is 6.07 Å². The lowest BCUT2D eigenvalue weighted by molar-refractivity contribution is -0.898. The van der Waals surface area contributed by atoms with Crippen molar-refractivity contribution in [1.82, 2.24) is 5.32 Å². The van der Waals surface area contributed by atoms with Crippen molar-refractivity contribution in [3.8, 4) is 0 Å². The van der Waals surface area contributed by atoms with Crippen LogP contribution in [-0.2, 0) is 30.2 Å². The molecule has 6 nitrogen and oxygen atoms in total. The second-order valence-electron chi connectivity index (χ2n) is 7.18. The van der Waals surface area contributed by atoms with Crippen LogP contribution in [0, 0.1) is 0 Å². The number of alkyl halides is 2. The first-order valence-corrected chi connectivity index (χ1v) is 10.3. The maximum atomic E-state index is 14.4. The van der Waals surface area contributed by atoms with Gasteiger partial charge in [-0.15, -0.1) is 0 Å². The molecule has 5 N–H and O–H groups in total. The van der Waals surface area contributed by atoms with Crippen LogP contribution in [0.1, 0.15) is 22.4 Å². The Hall–Kier alpha value is -3.23. The summed E-state index contributed by atoms with van der Waals surface area (Å²) in [5, 5.41) is 15.9. The van der Waals surface area contributed by atoms with E-state index in [9.17, 15) is 18.8 Å². The predicted octanol–water partition coefficient (Wildman–Crippen LogP) is 3.39. The number of hydrogen-bond acceptors (Lipinski definition) is 4. The number of nitrogens with zero attached hydrogens (tertiary/aromatic N) is 1. The number of anilines is 1. The summed E-state index contributed by atoms with van der Waals surface area (Å²) in [6.07, 6.45) is -0.245. The van der Waals surface area contributed by atoms with Gasteiger partial charge in [-0.25, -0.2) is 0 Å². The molecule has 32 heavy (non-hydrogen) atoms. The van der Waals surface area contributed by atoms with Crippen LogP contribution < -0.4 is 21.1 Å². The van der Waals surface area contributed by atoms with E-state index in [4.69, 9.17) is 17.3 Å². The molecule has 0 atom stereocenters. The highest BCUT2D eigenvalue weighted by Gasteiger charge is 2.34. The summed E-state index contributed by atoms with van der Waals surface area (Å²) >= 11 is 6.14. The summed E-state index contributed by atoms with van der Waals surface area (Å²) in [6.45, 7) is -0.146. The number of carbonyl (C=O) groups excluding carboxylic acids is 1. The van der Waals surface area contributed by atoms with Gasteiger partial charge in [0.15, 0.2) is 12.2 Å². The highest BCUT2D eigenvalue weighted by Crippen LogP contribution is 2.28. The fourth-order valence-electron chi connectivity index (χ4n) is 3.18. The third-order valence-corrected chi connectivity index (χ3v) is 5.32. The number of pyridine rings is 1. The molecule has 0 bridgehead atoms. The first-order valence-electron chi connectivity index (χ1n) is 9.95. The van der Waals surface area contributed by atoms with Gasteiger partial charge in [0.1, 0.15) is 0 Å². The molecule has 168 valence electrons. The lowest BCUT2D eigenvalue weighted by Crippen LogP contribution is -2.42. The van der Waals surface area contributed by atoms with E-state index in [1.165, 1.54) is 36.4 Å². The van der Waals surface area contributed by atoms with E-state index < -0.39 is 18.4 Å². The summed E-state index contributed by atoms with van der Waals surface area (Å²) in [6, 6.07) is 17.6. The van der Waals surface area contributed by atoms with Gasteiger partial charge < -0.3 is 16.3 Å². The summed E-state index contributed by atoms with van der Waals surface area (Å²) in [5.74, 6) is -3.57. The minimum absolute atomic E-state index is 0.0127. The van der Waals surface area contributed by atoms with Crippen LogP contribution in [-0.4, -0.2) is 17.7 Å². The minimum atomic E-state index is -3.16. The third-order valence-electron chi connectivity index (χ3n) is 4.98. The van der Waals surface area contributed by atoms with E-state index in [1.807, 2.05) is 24.3 Å². The van der Waals surface area contributed by atoms with Crippen LogP contribution in [0.15, 0.2) is 66.7 Å². The van der Waals surface area contributed by atoms with E-state index in [-0.39, 0.29) is 35.1 Å². The molecule has 2 aromatic carbocycles. The van der Waals surface area contributed by atoms with Crippen molar-refractivity contribution >= 4 is 23.3 Å². The molecule has 0 saturated carbocycles. The summed E-state index contributed by atoms with van der Waals surface area (Å²) in [7, 11) is 0. The molecule has 0 aliphatic heterocycles. The van der Waals surface area contributed by atoms with E-state index in [0.29, 0.717) is 11.3 Å². The third kappa shape index (κ3) is 5.72. The number of rotatable bonds is 9. The largest absolute Gasteiger partial charge is 0.352 e. The Morgan fingerprint density at radius 1 is 1.03 bits per heavy atom. The van der Waals surface area contributed by atoms with Gasteiger partial charge in [-0.2, -0.15) is 8.78 Å². The van der Waals surface area contributed by atoms with Crippen molar-refractivity contribution in [3.63, 3.8) is 0 Å². The van der Waals surface area contributed by atoms with Gasteiger partial charge in [0.2, 0.25) is 5.91 Å². The fourth-order valence-corrected chi connectivity index (χ4v) is 3.39. The standard InChI is InChI=1S/C23H23ClF2N4O2/c24-19-10-11-21(29-15-23(25,26)18-8-2-1-3-9-18)30(32)20(19)12-22(31)28-14-17-7-5-4-6-16(17)13-27/h1-11,32H,12-15,27H2,(H,28,31)/p+1. The highest BCUT2D eigenvalue weighted by atomic mass is 35.5. The molecule has 0 aliphatic carbocycles. The lowest BCUT2D eigenvalue weighted by atomic mass is 10.1. The SMILES string of the molecule is NCc1ccccc1CNC(=O)Cc1c(Cl)ccc(NCC(F)(F)c2ccccc2)[n+]1O.